The number of rotatable bonds is 3. The van der Waals surface area contributed by atoms with Gasteiger partial charge in [0.15, 0.2) is 0 Å². The maximum Gasteiger partial charge on any atom is 0.131 e. The predicted octanol–water partition coefficient (Wildman–Crippen LogP) is 4.20. The van der Waals surface area contributed by atoms with Gasteiger partial charge in [0.25, 0.3) is 0 Å². The third kappa shape index (κ3) is 2.59. The first kappa shape index (κ1) is 14.7. The van der Waals surface area contributed by atoms with Crippen molar-refractivity contribution in [2.45, 2.75) is 26.8 Å². The van der Waals surface area contributed by atoms with Crippen molar-refractivity contribution in [2.75, 3.05) is 7.05 Å². The average Bonchev–Trinajstić information content (AvgIpc) is 2.39. The van der Waals surface area contributed by atoms with Gasteiger partial charge in [0, 0.05) is 5.56 Å². The summed E-state index contributed by atoms with van der Waals surface area (Å²) in [6.45, 7) is 6.00. The van der Waals surface area contributed by atoms with Gasteiger partial charge in [-0.1, -0.05) is 18.2 Å². The quantitative estimate of drug-likeness (QED) is 0.885. The number of benzene rings is 2. The van der Waals surface area contributed by atoms with E-state index in [9.17, 15) is 8.78 Å². The lowest BCUT2D eigenvalue weighted by molar-refractivity contribution is 0.521. The Labute approximate surface area is 118 Å². The van der Waals surface area contributed by atoms with Gasteiger partial charge in [-0.2, -0.15) is 0 Å². The van der Waals surface area contributed by atoms with E-state index >= 15 is 0 Å². The molecular formula is C17H19F2N. The van der Waals surface area contributed by atoms with Gasteiger partial charge in [-0.3, -0.25) is 0 Å². The van der Waals surface area contributed by atoms with Crippen LogP contribution in [0.1, 0.15) is 33.9 Å². The molecule has 0 heterocycles. The van der Waals surface area contributed by atoms with E-state index in [1.165, 1.54) is 23.8 Å². The minimum absolute atomic E-state index is 0.0707. The first-order valence-corrected chi connectivity index (χ1v) is 6.64. The first-order valence-electron chi connectivity index (χ1n) is 6.64. The van der Waals surface area contributed by atoms with Crippen LogP contribution in [0.4, 0.5) is 8.78 Å². The molecule has 1 unspecified atom stereocenters. The molecule has 2 aromatic rings. The molecule has 0 bridgehead atoms. The largest absolute Gasteiger partial charge is 0.309 e. The van der Waals surface area contributed by atoms with E-state index < -0.39 is 17.7 Å². The van der Waals surface area contributed by atoms with Crippen molar-refractivity contribution < 1.29 is 8.78 Å². The summed E-state index contributed by atoms with van der Waals surface area (Å²) < 4.78 is 28.0. The van der Waals surface area contributed by atoms with Gasteiger partial charge in [0.1, 0.15) is 11.6 Å². The van der Waals surface area contributed by atoms with Crippen LogP contribution in [0.5, 0.6) is 0 Å². The number of nitrogens with one attached hydrogen (secondary N) is 1. The molecule has 0 amide bonds. The summed E-state index contributed by atoms with van der Waals surface area (Å²) in [4.78, 5) is 0. The summed E-state index contributed by atoms with van der Waals surface area (Å²) in [5, 5.41) is 3.02. The second-order valence-corrected chi connectivity index (χ2v) is 5.15. The normalized spacial score (nSPS) is 12.5. The van der Waals surface area contributed by atoms with E-state index in [-0.39, 0.29) is 5.56 Å². The predicted molar refractivity (Wildman–Crippen MR) is 77.9 cm³/mol. The topological polar surface area (TPSA) is 12.0 Å². The molecule has 2 rings (SSSR count). The van der Waals surface area contributed by atoms with E-state index in [4.69, 9.17) is 0 Å². The standard InChI is InChI=1S/C17H19F2N/c1-10-8-12(3)13(9-11(10)2)17(20-4)16-14(18)6-5-7-15(16)19/h5-9,17,20H,1-4H3. The minimum Gasteiger partial charge on any atom is -0.309 e. The van der Waals surface area contributed by atoms with Crippen molar-refractivity contribution in [1.29, 1.82) is 0 Å². The monoisotopic (exact) mass is 275 g/mol. The van der Waals surface area contributed by atoms with Crippen molar-refractivity contribution in [3.05, 3.63) is 69.8 Å². The fourth-order valence-corrected chi connectivity index (χ4v) is 2.54. The third-order valence-electron chi connectivity index (χ3n) is 3.77. The molecule has 2 aromatic carbocycles. The first-order chi connectivity index (χ1) is 9.45. The molecule has 0 saturated heterocycles. The lowest BCUT2D eigenvalue weighted by Gasteiger charge is -2.22. The van der Waals surface area contributed by atoms with Gasteiger partial charge in [0.05, 0.1) is 6.04 Å². The van der Waals surface area contributed by atoms with Crippen LogP contribution in [0, 0.1) is 32.4 Å². The highest BCUT2D eigenvalue weighted by atomic mass is 19.1. The lowest BCUT2D eigenvalue weighted by Crippen LogP contribution is -2.21. The van der Waals surface area contributed by atoms with E-state index in [2.05, 4.69) is 5.32 Å². The van der Waals surface area contributed by atoms with E-state index in [1.807, 2.05) is 32.9 Å². The van der Waals surface area contributed by atoms with Crippen LogP contribution in [-0.4, -0.2) is 7.05 Å². The fraction of sp³-hybridized carbons (Fsp3) is 0.294. The SMILES string of the molecule is CNC(c1cc(C)c(C)cc1C)c1c(F)cccc1F. The molecule has 0 fully saturated rings. The Kier molecular flexibility index (Phi) is 4.19. The smallest absolute Gasteiger partial charge is 0.131 e. The third-order valence-corrected chi connectivity index (χ3v) is 3.77. The lowest BCUT2D eigenvalue weighted by atomic mass is 9.91. The molecule has 0 radical (unpaired) electrons. The van der Waals surface area contributed by atoms with Crippen LogP contribution < -0.4 is 5.32 Å². The van der Waals surface area contributed by atoms with Gasteiger partial charge in [-0.15, -0.1) is 0 Å². The molecule has 106 valence electrons. The van der Waals surface area contributed by atoms with Gasteiger partial charge in [0.2, 0.25) is 0 Å². The number of hydrogen-bond donors (Lipinski definition) is 1. The van der Waals surface area contributed by atoms with Crippen LogP contribution in [0.3, 0.4) is 0 Å². The number of aryl methyl sites for hydroxylation is 3. The molecule has 3 heteroatoms. The molecule has 1 atom stereocenters. The molecule has 20 heavy (non-hydrogen) atoms. The maximum atomic E-state index is 14.0. The average molecular weight is 275 g/mol. The summed E-state index contributed by atoms with van der Waals surface area (Å²) >= 11 is 0. The molecule has 0 saturated carbocycles. The maximum absolute atomic E-state index is 14.0. The van der Waals surface area contributed by atoms with Crippen LogP contribution in [0.2, 0.25) is 0 Å². The van der Waals surface area contributed by atoms with Gasteiger partial charge in [-0.05, 0) is 62.2 Å². The Hall–Kier alpha value is -1.74. The Morgan fingerprint density at radius 3 is 2.00 bits per heavy atom. The van der Waals surface area contributed by atoms with Gasteiger partial charge < -0.3 is 5.32 Å². The Bertz CT molecular complexity index is 615. The highest BCUT2D eigenvalue weighted by Gasteiger charge is 2.22. The summed E-state index contributed by atoms with van der Waals surface area (Å²) in [6.07, 6.45) is 0. The zero-order valence-electron chi connectivity index (χ0n) is 12.2. The van der Waals surface area contributed by atoms with Crippen LogP contribution in [0.15, 0.2) is 30.3 Å². The van der Waals surface area contributed by atoms with Crippen molar-refractivity contribution >= 4 is 0 Å². The van der Waals surface area contributed by atoms with E-state index in [0.717, 1.165) is 16.7 Å². The van der Waals surface area contributed by atoms with Crippen LogP contribution >= 0.6 is 0 Å². The second-order valence-electron chi connectivity index (χ2n) is 5.15. The van der Waals surface area contributed by atoms with Crippen LogP contribution in [0.25, 0.3) is 0 Å². The number of hydrogen-bond acceptors (Lipinski definition) is 1. The van der Waals surface area contributed by atoms with E-state index in [1.54, 1.807) is 7.05 Å². The molecule has 0 aliphatic rings. The Morgan fingerprint density at radius 1 is 0.900 bits per heavy atom. The fourth-order valence-electron chi connectivity index (χ4n) is 2.54. The zero-order valence-corrected chi connectivity index (χ0v) is 12.2. The molecule has 0 spiro atoms. The van der Waals surface area contributed by atoms with Gasteiger partial charge >= 0.3 is 0 Å². The van der Waals surface area contributed by atoms with Gasteiger partial charge in [-0.25, -0.2) is 8.78 Å². The highest BCUT2D eigenvalue weighted by molar-refractivity contribution is 5.43. The molecular weight excluding hydrogens is 256 g/mol. The zero-order chi connectivity index (χ0) is 14.9. The molecule has 1 nitrogen and oxygen atoms in total. The summed E-state index contributed by atoms with van der Waals surface area (Å²) in [7, 11) is 1.71. The van der Waals surface area contributed by atoms with Crippen molar-refractivity contribution in [3.8, 4) is 0 Å². The highest BCUT2D eigenvalue weighted by Crippen LogP contribution is 2.30. The molecule has 0 aliphatic carbocycles. The number of halogens is 2. The molecule has 0 aromatic heterocycles. The van der Waals surface area contributed by atoms with Crippen LogP contribution in [-0.2, 0) is 0 Å². The van der Waals surface area contributed by atoms with Crippen molar-refractivity contribution in [1.82, 2.24) is 5.32 Å². The minimum atomic E-state index is -0.526. The van der Waals surface area contributed by atoms with E-state index in [0.29, 0.717) is 0 Å². The summed E-state index contributed by atoms with van der Waals surface area (Å²) in [5.41, 5.74) is 4.29. The van der Waals surface area contributed by atoms with Crippen molar-refractivity contribution in [2.24, 2.45) is 0 Å². The Balaban J connectivity index is 2.62. The Morgan fingerprint density at radius 2 is 1.45 bits per heavy atom. The molecule has 1 N–H and O–H groups in total. The van der Waals surface area contributed by atoms with Crippen molar-refractivity contribution in [3.63, 3.8) is 0 Å². The summed E-state index contributed by atoms with van der Waals surface area (Å²) in [6, 6.07) is 7.52. The summed E-state index contributed by atoms with van der Waals surface area (Å²) in [5.74, 6) is -1.05. The second kappa shape index (κ2) is 5.71. The molecule has 0 aliphatic heterocycles.